The smallest absolute Gasteiger partial charge is 0.283 e. The molecule has 34 heavy (non-hydrogen) atoms. The van der Waals surface area contributed by atoms with E-state index >= 15 is 0 Å². The number of nitrogens with one attached hydrogen (secondary N) is 1. The second-order valence-corrected chi connectivity index (χ2v) is 10.7. The van der Waals surface area contributed by atoms with Gasteiger partial charge in [-0.25, -0.2) is 4.98 Å². The molecule has 1 fully saturated rings. The average Bonchev–Trinajstić information content (AvgIpc) is 3.49. The maximum atomic E-state index is 13.1. The number of imidazole rings is 1. The summed E-state index contributed by atoms with van der Waals surface area (Å²) in [6.07, 6.45) is 7.31. The van der Waals surface area contributed by atoms with Gasteiger partial charge in [0.25, 0.3) is 10.0 Å². The molecule has 0 atom stereocenters. The third-order valence-corrected chi connectivity index (χ3v) is 8.13. The predicted molar refractivity (Wildman–Crippen MR) is 131 cm³/mol. The van der Waals surface area contributed by atoms with Gasteiger partial charge in [-0.1, -0.05) is 36.8 Å². The molecule has 2 aliphatic heterocycles. The number of para-hydroxylation sites is 1. The van der Waals surface area contributed by atoms with Crippen LogP contribution < -0.4 is 9.62 Å². The van der Waals surface area contributed by atoms with Crippen molar-refractivity contribution in [1.29, 1.82) is 0 Å². The van der Waals surface area contributed by atoms with Crippen LogP contribution in [0.2, 0.25) is 0 Å². The number of fused-ring (bicyclic) bond motifs is 1. The molecule has 2 aliphatic rings. The molecule has 9 heteroatoms. The van der Waals surface area contributed by atoms with Crippen molar-refractivity contribution in [2.24, 2.45) is 0 Å². The van der Waals surface area contributed by atoms with Crippen LogP contribution in [-0.4, -0.2) is 48.4 Å². The van der Waals surface area contributed by atoms with Gasteiger partial charge in [0.2, 0.25) is 5.91 Å². The van der Waals surface area contributed by atoms with E-state index in [4.69, 9.17) is 0 Å². The molecular formula is C25H29N5O3S. The second-order valence-electron chi connectivity index (χ2n) is 8.92. The number of piperidine rings is 1. The van der Waals surface area contributed by atoms with Crippen LogP contribution >= 0.6 is 0 Å². The van der Waals surface area contributed by atoms with E-state index in [1.54, 1.807) is 0 Å². The second kappa shape index (κ2) is 9.60. The fourth-order valence-electron chi connectivity index (χ4n) is 4.67. The SMILES string of the molecule is O=C(Cn1cnc(S(=O)(=O)N2CCc3ccccc32)c1)Nc1ccc(CN2CCCCC2)cc1. The number of hydrogen-bond acceptors (Lipinski definition) is 5. The van der Waals surface area contributed by atoms with Gasteiger partial charge in [0.15, 0.2) is 5.03 Å². The summed E-state index contributed by atoms with van der Waals surface area (Å²) in [4.78, 5) is 19.1. The number of rotatable bonds is 7. The van der Waals surface area contributed by atoms with E-state index in [0.717, 1.165) is 25.2 Å². The molecule has 8 nitrogen and oxygen atoms in total. The number of sulfonamides is 1. The van der Waals surface area contributed by atoms with Crippen LogP contribution in [0.3, 0.4) is 0 Å². The van der Waals surface area contributed by atoms with E-state index in [-0.39, 0.29) is 17.5 Å². The predicted octanol–water partition coefficient (Wildman–Crippen LogP) is 3.26. The van der Waals surface area contributed by atoms with Gasteiger partial charge >= 0.3 is 0 Å². The molecule has 0 unspecified atom stereocenters. The van der Waals surface area contributed by atoms with Crippen LogP contribution in [0.25, 0.3) is 0 Å². The zero-order chi connectivity index (χ0) is 23.5. The van der Waals surface area contributed by atoms with Crippen molar-refractivity contribution in [3.63, 3.8) is 0 Å². The Morgan fingerprint density at radius 1 is 0.971 bits per heavy atom. The molecule has 178 valence electrons. The highest BCUT2D eigenvalue weighted by molar-refractivity contribution is 7.92. The van der Waals surface area contributed by atoms with Gasteiger partial charge in [0, 0.05) is 25.0 Å². The minimum absolute atomic E-state index is 0.0192. The molecule has 0 saturated carbocycles. The molecule has 1 amide bonds. The lowest BCUT2D eigenvalue weighted by atomic mass is 10.1. The van der Waals surface area contributed by atoms with E-state index in [9.17, 15) is 13.2 Å². The van der Waals surface area contributed by atoms with Gasteiger partial charge in [-0.3, -0.25) is 14.0 Å². The first-order valence-electron chi connectivity index (χ1n) is 11.7. The van der Waals surface area contributed by atoms with Gasteiger partial charge in [-0.15, -0.1) is 0 Å². The van der Waals surface area contributed by atoms with Crippen molar-refractivity contribution >= 4 is 27.3 Å². The van der Waals surface area contributed by atoms with Crippen LogP contribution in [0.5, 0.6) is 0 Å². The molecule has 0 spiro atoms. The largest absolute Gasteiger partial charge is 0.327 e. The van der Waals surface area contributed by atoms with Crippen LogP contribution in [-0.2, 0) is 34.3 Å². The van der Waals surface area contributed by atoms with E-state index in [1.807, 2.05) is 48.5 Å². The van der Waals surface area contributed by atoms with Crippen molar-refractivity contribution < 1.29 is 13.2 Å². The van der Waals surface area contributed by atoms with Crippen molar-refractivity contribution in [2.45, 2.75) is 43.8 Å². The summed E-state index contributed by atoms with van der Waals surface area (Å²) in [5, 5.41) is 2.82. The molecular weight excluding hydrogens is 450 g/mol. The van der Waals surface area contributed by atoms with Crippen molar-refractivity contribution in [1.82, 2.24) is 14.5 Å². The first-order chi connectivity index (χ1) is 16.5. The third-order valence-electron chi connectivity index (χ3n) is 6.43. The van der Waals surface area contributed by atoms with Crippen molar-refractivity contribution in [3.8, 4) is 0 Å². The number of carbonyl (C=O) groups excluding carboxylic acids is 1. The number of amides is 1. The van der Waals surface area contributed by atoms with Crippen molar-refractivity contribution in [2.75, 3.05) is 29.3 Å². The zero-order valence-corrected chi connectivity index (χ0v) is 19.9. The Bertz CT molecular complexity index is 1260. The normalized spacial score (nSPS) is 16.4. The standard InChI is InChI=1S/C25H29N5O3S/c31-24(27-22-10-8-20(9-11-22)16-28-13-4-1-5-14-28)17-29-18-25(26-19-29)34(32,33)30-15-12-21-6-2-3-7-23(21)30/h2-3,6-11,18-19H,1,4-5,12-17H2,(H,27,31). The highest BCUT2D eigenvalue weighted by Crippen LogP contribution is 2.32. The lowest BCUT2D eigenvalue weighted by Crippen LogP contribution is -2.29. The maximum absolute atomic E-state index is 13.1. The Kier molecular flexibility index (Phi) is 6.38. The van der Waals surface area contributed by atoms with Gasteiger partial charge in [0.1, 0.15) is 6.54 Å². The third kappa shape index (κ3) is 4.85. The van der Waals surface area contributed by atoms with E-state index in [2.05, 4.69) is 15.2 Å². The number of benzene rings is 2. The molecule has 5 rings (SSSR count). The summed E-state index contributed by atoms with van der Waals surface area (Å²) in [6.45, 7) is 3.59. The zero-order valence-electron chi connectivity index (χ0n) is 19.1. The molecule has 2 aromatic carbocycles. The molecule has 3 heterocycles. The molecule has 0 bridgehead atoms. The summed E-state index contributed by atoms with van der Waals surface area (Å²) in [6, 6.07) is 15.4. The summed E-state index contributed by atoms with van der Waals surface area (Å²) in [5.74, 6) is -0.239. The van der Waals surface area contributed by atoms with Crippen LogP contribution in [0, 0.1) is 0 Å². The number of carbonyl (C=O) groups is 1. The fraction of sp³-hybridized carbons (Fsp3) is 0.360. The Labute approximate surface area is 200 Å². The van der Waals surface area contributed by atoms with E-state index in [0.29, 0.717) is 24.3 Å². The average molecular weight is 480 g/mol. The lowest BCUT2D eigenvalue weighted by molar-refractivity contribution is -0.116. The van der Waals surface area contributed by atoms with Crippen LogP contribution in [0.15, 0.2) is 66.1 Å². The minimum atomic E-state index is -3.78. The summed E-state index contributed by atoms with van der Waals surface area (Å²) >= 11 is 0. The number of nitrogens with zero attached hydrogens (tertiary/aromatic N) is 4. The highest BCUT2D eigenvalue weighted by Gasteiger charge is 2.32. The molecule has 0 radical (unpaired) electrons. The Morgan fingerprint density at radius 3 is 2.53 bits per heavy atom. The quantitative estimate of drug-likeness (QED) is 0.562. The van der Waals surface area contributed by atoms with Gasteiger partial charge in [-0.05, 0) is 61.7 Å². The van der Waals surface area contributed by atoms with Gasteiger partial charge in [-0.2, -0.15) is 8.42 Å². The molecule has 1 aromatic heterocycles. The summed E-state index contributed by atoms with van der Waals surface area (Å²) < 4.78 is 29.1. The monoisotopic (exact) mass is 479 g/mol. The topological polar surface area (TPSA) is 87.5 Å². The van der Waals surface area contributed by atoms with Gasteiger partial charge < -0.3 is 9.88 Å². The molecule has 0 aliphatic carbocycles. The van der Waals surface area contributed by atoms with Crippen molar-refractivity contribution in [3.05, 3.63) is 72.2 Å². The first-order valence-corrected chi connectivity index (χ1v) is 13.2. The lowest BCUT2D eigenvalue weighted by Gasteiger charge is -2.26. The molecule has 3 aromatic rings. The highest BCUT2D eigenvalue weighted by atomic mass is 32.2. The van der Waals surface area contributed by atoms with Crippen LogP contribution in [0.1, 0.15) is 30.4 Å². The number of likely N-dealkylation sites (tertiary alicyclic amines) is 1. The summed E-state index contributed by atoms with van der Waals surface area (Å²) in [5.41, 5.74) is 3.65. The Morgan fingerprint density at radius 2 is 1.74 bits per heavy atom. The number of aromatic nitrogens is 2. The number of anilines is 2. The molecule has 1 saturated heterocycles. The molecule has 1 N–H and O–H groups in total. The Balaban J connectivity index is 1.19. The fourth-order valence-corrected chi connectivity index (χ4v) is 6.11. The van der Waals surface area contributed by atoms with E-state index in [1.165, 1.54) is 46.2 Å². The maximum Gasteiger partial charge on any atom is 0.283 e. The summed E-state index contributed by atoms with van der Waals surface area (Å²) in [7, 11) is -3.78. The van der Waals surface area contributed by atoms with Gasteiger partial charge in [0.05, 0.1) is 12.0 Å². The van der Waals surface area contributed by atoms with Crippen LogP contribution in [0.4, 0.5) is 11.4 Å². The Hall–Kier alpha value is -3.17. The number of hydrogen-bond donors (Lipinski definition) is 1. The first kappa shape index (κ1) is 22.6. The van der Waals surface area contributed by atoms with E-state index < -0.39 is 10.0 Å². The minimum Gasteiger partial charge on any atom is -0.327 e.